The van der Waals surface area contributed by atoms with Gasteiger partial charge in [-0.25, -0.2) is 0 Å². The van der Waals surface area contributed by atoms with Gasteiger partial charge in [0.25, 0.3) is 0 Å². The summed E-state index contributed by atoms with van der Waals surface area (Å²) in [6.45, 7) is 10.0. The normalized spacial score (nSPS) is 16.6. The quantitative estimate of drug-likeness (QED) is 0.722. The largest absolute Gasteiger partial charge is 0.306 e. The van der Waals surface area contributed by atoms with E-state index < -0.39 is 0 Å². The van der Waals surface area contributed by atoms with Crippen LogP contribution in [0.1, 0.15) is 39.7 Å². The van der Waals surface area contributed by atoms with Crippen molar-refractivity contribution in [2.45, 2.75) is 39.7 Å². The highest BCUT2D eigenvalue weighted by Gasteiger charge is 2.25. The Hall–Kier alpha value is -0.530. The van der Waals surface area contributed by atoms with Gasteiger partial charge in [0.15, 0.2) is 0 Å². The average Bonchev–Trinajstić information content (AvgIpc) is 2.36. The highest BCUT2D eigenvalue weighted by atomic mass is 35.5. The van der Waals surface area contributed by atoms with Crippen LogP contribution in [0.3, 0.4) is 0 Å². The van der Waals surface area contributed by atoms with Crippen LogP contribution in [0.4, 0.5) is 0 Å². The molecular formula is C16H26ClN. The number of benzene rings is 1. The number of rotatable bonds is 7. The molecule has 18 heavy (non-hydrogen) atoms. The van der Waals surface area contributed by atoms with Gasteiger partial charge in [-0.3, -0.25) is 0 Å². The smallest absolute Gasteiger partial charge is 0.0543 e. The molecule has 1 aromatic rings. The van der Waals surface area contributed by atoms with E-state index in [0.717, 1.165) is 12.5 Å². The minimum absolute atomic E-state index is 0.131. The summed E-state index contributed by atoms with van der Waals surface area (Å²) in [5.74, 6) is 2.02. The summed E-state index contributed by atoms with van der Waals surface area (Å²) in [5.41, 5.74) is 1.13. The maximum atomic E-state index is 6.17. The van der Waals surface area contributed by atoms with Gasteiger partial charge in [0.1, 0.15) is 0 Å². The predicted molar refractivity (Wildman–Crippen MR) is 81.1 cm³/mol. The van der Waals surface area contributed by atoms with Crippen LogP contribution in [0.2, 0.25) is 0 Å². The van der Waals surface area contributed by atoms with E-state index in [9.17, 15) is 0 Å². The van der Waals surface area contributed by atoms with Gasteiger partial charge in [-0.05, 0) is 37.3 Å². The molecule has 0 aliphatic rings. The number of hydrogen-bond donors (Lipinski definition) is 1. The molecule has 0 radical (unpaired) electrons. The van der Waals surface area contributed by atoms with E-state index in [1.54, 1.807) is 0 Å². The van der Waals surface area contributed by atoms with Gasteiger partial charge in [0.05, 0.1) is 5.54 Å². The predicted octanol–water partition coefficient (Wildman–Crippen LogP) is 4.41. The maximum absolute atomic E-state index is 6.17. The van der Waals surface area contributed by atoms with Crippen molar-refractivity contribution in [1.29, 1.82) is 0 Å². The van der Waals surface area contributed by atoms with Crippen molar-refractivity contribution < 1.29 is 0 Å². The molecule has 0 aromatic heterocycles. The fraction of sp³-hybridized carbons (Fsp3) is 0.625. The van der Waals surface area contributed by atoms with Crippen molar-refractivity contribution >= 4 is 11.6 Å². The third-order valence-corrected chi connectivity index (χ3v) is 3.93. The van der Waals surface area contributed by atoms with E-state index in [-0.39, 0.29) is 5.54 Å². The minimum Gasteiger partial charge on any atom is -0.306 e. The van der Waals surface area contributed by atoms with Crippen molar-refractivity contribution in [2.24, 2.45) is 11.8 Å². The summed E-state index contributed by atoms with van der Waals surface area (Å²) in [6, 6.07) is 10.5. The zero-order chi connectivity index (χ0) is 13.6. The fourth-order valence-corrected chi connectivity index (χ4v) is 2.57. The first-order valence-electron chi connectivity index (χ1n) is 6.84. The molecule has 102 valence electrons. The third kappa shape index (κ3) is 4.62. The molecule has 0 aliphatic carbocycles. The highest BCUT2D eigenvalue weighted by molar-refractivity contribution is 6.18. The minimum atomic E-state index is -0.131. The number of halogens is 1. The molecule has 2 atom stereocenters. The van der Waals surface area contributed by atoms with Gasteiger partial charge in [0, 0.05) is 5.88 Å². The summed E-state index contributed by atoms with van der Waals surface area (Å²) in [6.07, 6.45) is 1.25. The molecular weight excluding hydrogens is 242 g/mol. The molecule has 1 nitrogen and oxygen atoms in total. The van der Waals surface area contributed by atoms with Gasteiger partial charge in [0.2, 0.25) is 0 Å². The number of alkyl halides is 1. The van der Waals surface area contributed by atoms with Crippen LogP contribution in [0, 0.1) is 11.8 Å². The topological polar surface area (TPSA) is 12.0 Å². The Kier molecular flexibility index (Phi) is 6.17. The molecule has 2 heteroatoms. The molecule has 0 saturated heterocycles. The van der Waals surface area contributed by atoms with Crippen molar-refractivity contribution in [1.82, 2.24) is 5.32 Å². The lowest BCUT2D eigenvalue weighted by Gasteiger charge is -2.31. The lowest BCUT2D eigenvalue weighted by Crippen LogP contribution is -2.43. The Balaban J connectivity index is 2.61. The number of nitrogens with one attached hydrogen (secondary N) is 1. The maximum Gasteiger partial charge on any atom is 0.0543 e. The zero-order valence-corrected chi connectivity index (χ0v) is 12.8. The summed E-state index contributed by atoms with van der Waals surface area (Å²) >= 11 is 6.17. The Morgan fingerprint density at radius 1 is 1.17 bits per heavy atom. The van der Waals surface area contributed by atoms with Gasteiger partial charge in [-0.2, -0.15) is 0 Å². The molecule has 0 bridgehead atoms. The van der Waals surface area contributed by atoms with E-state index >= 15 is 0 Å². The van der Waals surface area contributed by atoms with Crippen molar-refractivity contribution in [3.8, 4) is 0 Å². The summed E-state index contributed by atoms with van der Waals surface area (Å²) in [4.78, 5) is 0. The van der Waals surface area contributed by atoms with E-state index in [4.69, 9.17) is 11.6 Å². The van der Waals surface area contributed by atoms with Crippen LogP contribution in [0.5, 0.6) is 0 Å². The van der Waals surface area contributed by atoms with Crippen LogP contribution < -0.4 is 5.32 Å². The molecule has 0 spiro atoms. The second-order valence-corrected chi connectivity index (χ2v) is 6.21. The van der Waals surface area contributed by atoms with Crippen molar-refractivity contribution in [2.75, 3.05) is 12.4 Å². The van der Waals surface area contributed by atoms with Crippen LogP contribution in [-0.4, -0.2) is 12.4 Å². The first-order valence-corrected chi connectivity index (χ1v) is 7.38. The molecule has 0 aliphatic heterocycles. The van der Waals surface area contributed by atoms with Gasteiger partial charge >= 0.3 is 0 Å². The summed E-state index contributed by atoms with van der Waals surface area (Å²) < 4.78 is 0. The standard InChI is InChI=1S/C16H26ClN/c1-13(2)10-14(3)11-18-16(4,12-17)15-8-6-5-7-9-15/h5-9,13-14,18H,10-12H2,1-4H3. The van der Waals surface area contributed by atoms with Crippen LogP contribution in [0.15, 0.2) is 30.3 Å². The van der Waals surface area contributed by atoms with E-state index in [1.807, 2.05) is 6.07 Å². The molecule has 1 N–H and O–H groups in total. The van der Waals surface area contributed by atoms with Gasteiger partial charge in [-0.15, -0.1) is 11.6 Å². The molecule has 2 unspecified atom stereocenters. The van der Waals surface area contributed by atoms with E-state index in [0.29, 0.717) is 11.8 Å². The SMILES string of the molecule is CC(C)CC(C)CNC(C)(CCl)c1ccccc1. The average molecular weight is 268 g/mol. The van der Waals surface area contributed by atoms with E-state index in [1.165, 1.54) is 12.0 Å². The Bertz CT molecular complexity index is 336. The molecule has 0 fully saturated rings. The second kappa shape index (κ2) is 7.16. The van der Waals surface area contributed by atoms with Crippen molar-refractivity contribution in [3.63, 3.8) is 0 Å². The summed E-state index contributed by atoms with van der Waals surface area (Å²) in [7, 11) is 0. The number of hydrogen-bond acceptors (Lipinski definition) is 1. The highest BCUT2D eigenvalue weighted by Crippen LogP contribution is 2.23. The third-order valence-electron chi connectivity index (χ3n) is 3.39. The van der Waals surface area contributed by atoms with Crippen LogP contribution in [0.25, 0.3) is 0 Å². The molecule has 1 aromatic carbocycles. The molecule has 1 rings (SSSR count). The van der Waals surface area contributed by atoms with Gasteiger partial charge < -0.3 is 5.32 Å². The Labute approximate surface area is 117 Å². The Morgan fingerprint density at radius 3 is 2.28 bits per heavy atom. The first kappa shape index (κ1) is 15.5. The molecule has 0 heterocycles. The van der Waals surface area contributed by atoms with E-state index in [2.05, 4.69) is 57.3 Å². The first-order chi connectivity index (χ1) is 8.48. The van der Waals surface area contributed by atoms with Crippen LogP contribution in [-0.2, 0) is 5.54 Å². The van der Waals surface area contributed by atoms with Crippen LogP contribution >= 0.6 is 11.6 Å². The van der Waals surface area contributed by atoms with Crippen molar-refractivity contribution in [3.05, 3.63) is 35.9 Å². The summed E-state index contributed by atoms with van der Waals surface area (Å²) in [5, 5.41) is 3.64. The second-order valence-electron chi connectivity index (χ2n) is 5.95. The molecule has 0 saturated carbocycles. The lowest BCUT2D eigenvalue weighted by molar-refractivity contribution is 0.339. The lowest BCUT2D eigenvalue weighted by atomic mass is 9.92. The fourth-order valence-electron chi connectivity index (χ4n) is 2.32. The van der Waals surface area contributed by atoms with Gasteiger partial charge in [-0.1, -0.05) is 51.1 Å². The monoisotopic (exact) mass is 267 g/mol. The molecule has 0 amide bonds. The zero-order valence-electron chi connectivity index (χ0n) is 12.0. The Morgan fingerprint density at radius 2 is 1.78 bits per heavy atom.